The summed E-state index contributed by atoms with van der Waals surface area (Å²) in [6.45, 7) is 4.60. The van der Waals surface area contributed by atoms with Crippen molar-refractivity contribution < 1.29 is 0 Å². The van der Waals surface area contributed by atoms with Crippen LogP contribution in [0, 0.1) is 11.8 Å². The maximum atomic E-state index is 5.13. The molecule has 5 rings (SSSR count). The van der Waals surface area contributed by atoms with E-state index >= 15 is 0 Å². The topological polar surface area (TPSA) is 25.8 Å². The van der Waals surface area contributed by atoms with E-state index in [-0.39, 0.29) is 5.41 Å². The van der Waals surface area contributed by atoms with E-state index in [1.165, 1.54) is 37.1 Å². The first-order chi connectivity index (χ1) is 10.8. The Kier molecular flexibility index (Phi) is 2.32. The van der Waals surface area contributed by atoms with Gasteiger partial charge in [-0.05, 0) is 36.8 Å². The monoisotopic (exact) mass is 290 g/mol. The van der Waals surface area contributed by atoms with Gasteiger partial charge in [0.25, 0.3) is 0 Å². The van der Waals surface area contributed by atoms with Crippen LogP contribution < -0.4 is 0 Å². The number of nitrogens with zero attached hydrogens (tertiary/aromatic N) is 2. The summed E-state index contributed by atoms with van der Waals surface area (Å²) >= 11 is 0. The smallest absolute Gasteiger partial charge is 0.0890 e. The fourth-order valence-corrected chi connectivity index (χ4v) is 5.72. The van der Waals surface area contributed by atoms with Crippen molar-refractivity contribution in [1.29, 1.82) is 0 Å². The molecule has 0 bridgehead atoms. The highest BCUT2D eigenvalue weighted by Crippen LogP contribution is 2.79. The van der Waals surface area contributed by atoms with Crippen LogP contribution in [0.25, 0.3) is 11.0 Å². The minimum atomic E-state index is 0.181. The van der Waals surface area contributed by atoms with Gasteiger partial charge in [-0.15, -0.1) is 0 Å². The van der Waals surface area contributed by atoms with E-state index < -0.39 is 0 Å². The predicted octanol–water partition coefficient (Wildman–Crippen LogP) is 4.54. The van der Waals surface area contributed by atoms with Crippen molar-refractivity contribution in [1.82, 2.24) is 9.97 Å². The van der Waals surface area contributed by atoms with Crippen molar-refractivity contribution in [3.8, 4) is 0 Å². The highest BCUT2D eigenvalue weighted by molar-refractivity contribution is 5.76. The van der Waals surface area contributed by atoms with E-state index in [1.807, 2.05) is 0 Å². The van der Waals surface area contributed by atoms with Crippen LogP contribution in [0.5, 0.6) is 0 Å². The summed E-state index contributed by atoms with van der Waals surface area (Å²) in [5.74, 6) is 1.47. The molecule has 0 aliphatic heterocycles. The Morgan fingerprint density at radius 3 is 2.32 bits per heavy atom. The Labute approximate surface area is 131 Å². The SMILES string of the molecule is CCCC12C=CC3C1C3(CCC)c1nc3ccccc3nc12. The molecule has 4 atom stereocenters. The Bertz CT molecular complexity index is 808. The van der Waals surface area contributed by atoms with Gasteiger partial charge in [0, 0.05) is 10.8 Å². The summed E-state index contributed by atoms with van der Waals surface area (Å²) in [6, 6.07) is 8.36. The molecular weight excluding hydrogens is 268 g/mol. The van der Waals surface area contributed by atoms with E-state index in [1.54, 1.807) is 0 Å². The van der Waals surface area contributed by atoms with Gasteiger partial charge in [-0.25, -0.2) is 9.97 Å². The highest BCUT2D eigenvalue weighted by atomic mass is 15.0. The van der Waals surface area contributed by atoms with E-state index in [0.29, 0.717) is 5.41 Å². The third-order valence-electron chi connectivity index (χ3n) is 6.34. The molecule has 0 radical (unpaired) electrons. The fourth-order valence-electron chi connectivity index (χ4n) is 5.72. The first-order valence-electron chi connectivity index (χ1n) is 8.75. The van der Waals surface area contributed by atoms with E-state index in [9.17, 15) is 0 Å². The second kappa shape index (κ2) is 3.98. The molecule has 2 nitrogen and oxygen atoms in total. The summed E-state index contributed by atoms with van der Waals surface area (Å²) in [4.78, 5) is 10.3. The lowest BCUT2D eigenvalue weighted by molar-refractivity contribution is 0.410. The maximum Gasteiger partial charge on any atom is 0.0890 e. The van der Waals surface area contributed by atoms with Crippen LogP contribution in [0.2, 0.25) is 0 Å². The molecular formula is C20H22N2. The zero-order valence-electron chi connectivity index (χ0n) is 13.3. The first kappa shape index (κ1) is 12.8. The summed E-state index contributed by atoms with van der Waals surface area (Å²) in [5.41, 5.74) is 5.25. The molecule has 1 saturated carbocycles. The van der Waals surface area contributed by atoms with Crippen LogP contribution in [0.4, 0.5) is 0 Å². The Morgan fingerprint density at radius 2 is 1.64 bits per heavy atom. The zero-order valence-corrected chi connectivity index (χ0v) is 13.3. The number of fused-ring (bicyclic) bond motifs is 5. The Hall–Kier alpha value is -1.70. The molecule has 0 N–H and O–H groups in total. The van der Waals surface area contributed by atoms with Crippen molar-refractivity contribution in [3.63, 3.8) is 0 Å². The molecule has 1 aromatic carbocycles. The summed E-state index contributed by atoms with van der Waals surface area (Å²) in [7, 11) is 0. The largest absolute Gasteiger partial charge is 0.249 e. The maximum absolute atomic E-state index is 5.13. The average molecular weight is 290 g/mol. The molecule has 0 spiro atoms. The van der Waals surface area contributed by atoms with Gasteiger partial charge < -0.3 is 0 Å². The second-order valence-corrected chi connectivity index (χ2v) is 7.35. The molecule has 1 fully saturated rings. The number of benzene rings is 1. The van der Waals surface area contributed by atoms with E-state index in [4.69, 9.17) is 9.97 Å². The van der Waals surface area contributed by atoms with Crippen LogP contribution in [0.15, 0.2) is 36.4 Å². The quantitative estimate of drug-likeness (QED) is 0.773. The van der Waals surface area contributed by atoms with Gasteiger partial charge >= 0.3 is 0 Å². The summed E-state index contributed by atoms with van der Waals surface area (Å²) in [5, 5.41) is 0. The molecule has 22 heavy (non-hydrogen) atoms. The minimum absolute atomic E-state index is 0.181. The van der Waals surface area contributed by atoms with Crippen LogP contribution in [-0.2, 0) is 10.8 Å². The predicted molar refractivity (Wildman–Crippen MR) is 88.8 cm³/mol. The molecule has 0 amide bonds. The normalized spacial score (nSPS) is 36.6. The van der Waals surface area contributed by atoms with Crippen LogP contribution in [0.3, 0.4) is 0 Å². The lowest BCUT2D eigenvalue weighted by Gasteiger charge is -2.25. The van der Waals surface area contributed by atoms with Gasteiger partial charge in [-0.1, -0.05) is 51.0 Å². The summed E-state index contributed by atoms with van der Waals surface area (Å²) < 4.78 is 0. The van der Waals surface area contributed by atoms with Crippen LogP contribution in [-0.4, -0.2) is 9.97 Å². The van der Waals surface area contributed by atoms with Crippen LogP contribution in [0.1, 0.15) is 50.9 Å². The van der Waals surface area contributed by atoms with E-state index in [0.717, 1.165) is 22.9 Å². The van der Waals surface area contributed by atoms with Gasteiger partial charge in [0.1, 0.15) is 0 Å². The molecule has 3 aliphatic carbocycles. The molecule has 3 aliphatic rings. The van der Waals surface area contributed by atoms with Crippen molar-refractivity contribution >= 4 is 11.0 Å². The highest BCUT2D eigenvalue weighted by Gasteiger charge is 2.79. The van der Waals surface area contributed by atoms with Gasteiger partial charge in [0.2, 0.25) is 0 Å². The van der Waals surface area contributed by atoms with Gasteiger partial charge in [-0.2, -0.15) is 0 Å². The molecule has 0 saturated heterocycles. The molecule has 2 aromatic rings. The van der Waals surface area contributed by atoms with Gasteiger partial charge in [-0.3, -0.25) is 0 Å². The standard InChI is InChI=1S/C20H22N2/c1-3-10-19-12-9-13-16(19)20(13,11-4-2)18-17(19)21-14-7-5-6-8-15(14)22-18/h5-9,12-13,16H,3-4,10-11H2,1-2H3. The Morgan fingerprint density at radius 1 is 0.955 bits per heavy atom. The molecule has 4 unspecified atom stereocenters. The molecule has 112 valence electrons. The fraction of sp³-hybridized carbons (Fsp3) is 0.500. The number of rotatable bonds is 4. The van der Waals surface area contributed by atoms with E-state index in [2.05, 4.69) is 50.3 Å². The number of para-hydroxylation sites is 2. The molecule has 2 heteroatoms. The number of allylic oxidation sites excluding steroid dienone is 2. The van der Waals surface area contributed by atoms with Crippen molar-refractivity contribution in [2.75, 3.05) is 0 Å². The van der Waals surface area contributed by atoms with Gasteiger partial charge in [0.05, 0.1) is 22.4 Å². The number of hydrogen-bond acceptors (Lipinski definition) is 2. The third kappa shape index (κ3) is 1.21. The number of aromatic nitrogens is 2. The average Bonchev–Trinajstić information content (AvgIpc) is 2.95. The molecule has 1 heterocycles. The van der Waals surface area contributed by atoms with Crippen molar-refractivity contribution in [2.24, 2.45) is 11.8 Å². The van der Waals surface area contributed by atoms with Crippen molar-refractivity contribution in [3.05, 3.63) is 47.8 Å². The van der Waals surface area contributed by atoms with Crippen molar-refractivity contribution in [2.45, 2.75) is 50.4 Å². The summed E-state index contributed by atoms with van der Waals surface area (Å²) in [6.07, 6.45) is 9.90. The second-order valence-electron chi connectivity index (χ2n) is 7.35. The Balaban J connectivity index is 1.81. The molecule has 1 aromatic heterocycles. The lowest BCUT2D eigenvalue weighted by atomic mass is 9.79. The lowest BCUT2D eigenvalue weighted by Crippen LogP contribution is -2.24. The van der Waals surface area contributed by atoms with Gasteiger partial charge in [0.15, 0.2) is 0 Å². The zero-order chi connectivity index (χ0) is 14.9. The number of hydrogen-bond donors (Lipinski definition) is 0. The minimum Gasteiger partial charge on any atom is -0.249 e. The first-order valence-corrected chi connectivity index (χ1v) is 8.75. The van der Waals surface area contributed by atoms with Crippen LogP contribution >= 0.6 is 0 Å². The third-order valence-corrected chi connectivity index (χ3v) is 6.34.